The molecule has 3 N–H and O–H groups in total. The number of aromatic nitrogens is 1. The predicted octanol–water partition coefficient (Wildman–Crippen LogP) is 2.95. The van der Waals surface area contributed by atoms with Crippen LogP contribution in [-0.2, 0) is 11.3 Å². The summed E-state index contributed by atoms with van der Waals surface area (Å²) >= 11 is 5.84. The van der Waals surface area contributed by atoms with Gasteiger partial charge in [0, 0.05) is 10.4 Å². The number of pyridine rings is 1. The molecule has 0 amide bonds. The van der Waals surface area contributed by atoms with Crippen molar-refractivity contribution < 1.29 is 19.7 Å². The summed E-state index contributed by atoms with van der Waals surface area (Å²) in [5.74, 6) is -1.40. The first-order valence-electron chi connectivity index (χ1n) is 6.95. The number of halogens is 1. The summed E-state index contributed by atoms with van der Waals surface area (Å²) in [4.78, 5) is 26.7. The summed E-state index contributed by atoms with van der Waals surface area (Å²) in [6, 6.07) is 10.7. The number of phenolic OH excluding ortho intramolecular Hbond substituents is 1. The number of H-pyrrole nitrogens is 1. The highest BCUT2D eigenvalue weighted by Gasteiger charge is 2.20. The first kappa shape index (κ1) is 15.9. The number of esters is 1. The Hall–Kier alpha value is -2.99. The molecule has 0 radical (unpaired) electrons. The van der Waals surface area contributed by atoms with Crippen LogP contribution in [0.2, 0.25) is 5.02 Å². The average Bonchev–Trinajstić information content (AvgIpc) is 2.52. The van der Waals surface area contributed by atoms with Gasteiger partial charge in [-0.05, 0) is 35.9 Å². The lowest BCUT2D eigenvalue weighted by atomic mass is 10.1. The van der Waals surface area contributed by atoms with Gasteiger partial charge in [0.05, 0.1) is 5.52 Å². The molecule has 3 aromatic rings. The Morgan fingerprint density at radius 1 is 1.17 bits per heavy atom. The second-order valence-corrected chi connectivity index (χ2v) is 5.55. The van der Waals surface area contributed by atoms with Crippen molar-refractivity contribution in [1.82, 2.24) is 4.98 Å². The Morgan fingerprint density at radius 3 is 2.71 bits per heavy atom. The monoisotopic (exact) mass is 345 g/mol. The Bertz CT molecular complexity index is 996. The lowest BCUT2D eigenvalue weighted by Crippen LogP contribution is -2.20. The molecule has 0 saturated carbocycles. The minimum Gasteiger partial charge on any atom is -0.508 e. The lowest BCUT2D eigenvalue weighted by molar-refractivity contribution is 0.0467. The van der Waals surface area contributed by atoms with Crippen LogP contribution >= 0.6 is 11.6 Å². The van der Waals surface area contributed by atoms with E-state index in [1.54, 1.807) is 12.1 Å². The number of carbonyl (C=O) groups excluding carboxylic acids is 1. The number of phenols is 1. The maximum absolute atomic E-state index is 12.2. The van der Waals surface area contributed by atoms with Gasteiger partial charge in [0.2, 0.25) is 0 Å². The van der Waals surface area contributed by atoms with Gasteiger partial charge >= 0.3 is 5.97 Å². The third-order valence-electron chi connectivity index (χ3n) is 3.43. The molecule has 0 aliphatic carbocycles. The number of hydrogen-bond donors (Lipinski definition) is 3. The molecule has 122 valence electrons. The van der Waals surface area contributed by atoms with Crippen LogP contribution in [0.25, 0.3) is 10.9 Å². The summed E-state index contributed by atoms with van der Waals surface area (Å²) < 4.78 is 5.05. The molecule has 1 aromatic heterocycles. The number of hydrogen-bond acceptors (Lipinski definition) is 5. The Kier molecular flexibility index (Phi) is 4.14. The second kappa shape index (κ2) is 6.25. The summed E-state index contributed by atoms with van der Waals surface area (Å²) in [6.45, 7) is -0.148. The van der Waals surface area contributed by atoms with Crippen LogP contribution < -0.4 is 5.56 Å². The van der Waals surface area contributed by atoms with Gasteiger partial charge < -0.3 is 19.9 Å². The predicted molar refractivity (Wildman–Crippen MR) is 88.5 cm³/mol. The molecule has 0 spiro atoms. The Balaban J connectivity index is 1.92. The molecule has 1 heterocycles. The van der Waals surface area contributed by atoms with Gasteiger partial charge in [-0.15, -0.1) is 0 Å². The first-order chi connectivity index (χ1) is 11.5. The van der Waals surface area contributed by atoms with Gasteiger partial charge in [-0.3, -0.25) is 4.79 Å². The van der Waals surface area contributed by atoms with Gasteiger partial charge in [0.1, 0.15) is 18.1 Å². The van der Waals surface area contributed by atoms with Crippen molar-refractivity contribution in [2.45, 2.75) is 6.61 Å². The van der Waals surface area contributed by atoms with Crippen LogP contribution in [0.15, 0.2) is 47.3 Å². The second-order valence-electron chi connectivity index (χ2n) is 5.11. The van der Waals surface area contributed by atoms with Crippen LogP contribution in [0.5, 0.6) is 11.5 Å². The molecule has 0 aliphatic rings. The van der Waals surface area contributed by atoms with Crippen molar-refractivity contribution >= 4 is 28.5 Å². The van der Waals surface area contributed by atoms with Crippen molar-refractivity contribution in [3.63, 3.8) is 0 Å². The number of benzene rings is 2. The zero-order valence-electron chi connectivity index (χ0n) is 12.2. The van der Waals surface area contributed by atoms with E-state index in [0.29, 0.717) is 16.1 Å². The highest BCUT2D eigenvalue weighted by molar-refractivity contribution is 6.31. The zero-order chi connectivity index (χ0) is 17.3. The van der Waals surface area contributed by atoms with E-state index in [2.05, 4.69) is 4.98 Å². The largest absolute Gasteiger partial charge is 0.508 e. The van der Waals surface area contributed by atoms with E-state index in [0.717, 1.165) is 0 Å². The Labute approximate surface area is 140 Å². The van der Waals surface area contributed by atoms with Crippen LogP contribution in [0, 0.1) is 0 Å². The van der Waals surface area contributed by atoms with Crippen LogP contribution in [0.1, 0.15) is 15.9 Å². The van der Waals surface area contributed by atoms with Gasteiger partial charge in [-0.2, -0.15) is 0 Å². The van der Waals surface area contributed by atoms with Crippen LogP contribution in [-0.4, -0.2) is 21.2 Å². The van der Waals surface area contributed by atoms with Crippen molar-refractivity contribution in [1.29, 1.82) is 0 Å². The number of ether oxygens (including phenoxy) is 1. The zero-order valence-corrected chi connectivity index (χ0v) is 13.0. The van der Waals surface area contributed by atoms with Gasteiger partial charge in [-0.25, -0.2) is 4.79 Å². The van der Waals surface area contributed by atoms with E-state index >= 15 is 0 Å². The maximum atomic E-state index is 12.2. The normalized spacial score (nSPS) is 10.7. The quantitative estimate of drug-likeness (QED) is 0.634. The SMILES string of the molecule is O=C(OCc1cccc(O)c1)c1c(O)c2ccc(Cl)cc2[nH]c1=O. The minimum atomic E-state index is -0.964. The molecular weight excluding hydrogens is 334 g/mol. The van der Waals surface area contributed by atoms with Crippen molar-refractivity contribution in [3.05, 3.63) is 69.0 Å². The lowest BCUT2D eigenvalue weighted by Gasteiger charge is -2.08. The number of aromatic hydroxyl groups is 2. The van der Waals surface area contributed by atoms with Crippen molar-refractivity contribution in [3.8, 4) is 11.5 Å². The van der Waals surface area contributed by atoms with Gasteiger partial charge in [0.15, 0.2) is 5.56 Å². The minimum absolute atomic E-state index is 0.0341. The molecule has 0 bridgehead atoms. The summed E-state index contributed by atoms with van der Waals surface area (Å²) in [6.07, 6.45) is 0. The van der Waals surface area contributed by atoms with E-state index in [-0.39, 0.29) is 17.7 Å². The molecule has 0 atom stereocenters. The van der Waals surface area contributed by atoms with E-state index in [1.165, 1.54) is 30.3 Å². The summed E-state index contributed by atoms with van der Waals surface area (Å²) in [5.41, 5.74) is -0.394. The topological polar surface area (TPSA) is 99.6 Å². The van der Waals surface area contributed by atoms with Gasteiger partial charge in [-0.1, -0.05) is 23.7 Å². The third kappa shape index (κ3) is 3.04. The molecule has 7 heteroatoms. The molecular formula is C17H12ClNO5. The fourth-order valence-electron chi connectivity index (χ4n) is 2.31. The summed E-state index contributed by atoms with van der Waals surface area (Å²) in [7, 11) is 0. The van der Waals surface area contributed by atoms with E-state index in [1.807, 2.05) is 0 Å². The number of fused-ring (bicyclic) bond motifs is 1. The Morgan fingerprint density at radius 2 is 1.96 bits per heavy atom. The number of nitrogens with one attached hydrogen (secondary N) is 1. The molecule has 2 aromatic carbocycles. The van der Waals surface area contributed by atoms with E-state index in [9.17, 15) is 19.8 Å². The number of aromatic amines is 1. The number of carbonyl (C=O) groups is 1. The highest BCUT2D eigenvalue weighted by Crippen LogP contribution is 2.27. The number of rotatable bonds is 3. The van der Waals surface area contributed by atoms with E-state index in [4.69, 9.17) is 16.3 Å². The average molecular weight is 346 g/mol. The van der Waals surface area contributed by atoms with Crippen molar-refractivity contribution in [2.75, 3.05) is 0 Å². The molecule has 6 nitrogen and oxygen atoms in total. The fraction of sp³-hybridized carbons (Fsp3) is 0.0588. The van der Waals surface area contributed by atoms with Gasteiger partial charge in [0.25, 0.3) is 5.56 Å². The smallest absolute Gasteiger partial charge is 0.347 e. The third-order valence-corrected chi connectivity index (χ3v) is 3.67. The van der Waals surface area contributed by atoms with Crippen molar-refractivity contribution in [2.24, 2.45) is 0 Å². The molecule has 0 saturated heterocycles. The molecule has 0 fully saturated rings. The molecule has 0 aliphatic heterocycles. The standard InChI is InChI=1S/C17H12ClNO5/c18-10-4-5-12-13(7-10)19-16(22)14(15(12)21)17(23)24-8-9-2-1-3-11(20)6-9/h1-7,20H,8H2,(H2,19,21,22). The molecule has 3 rings (SSSR count). The van der Waals surface area contributed by atoms with Crippen LogP contribution in [0.3, 0.4) is 0 Å². The first-order valence-corrected chi connectivity index (χ1v) is 7.33. The van der Waals surface area contributed by atoms with E-state index < -0.39 is 22.8 Å². The van der Waals surface area contributed by atoms with Crippen LogP contribution in [0.4, 0.5) is 0 Å². The fourth-order valence-corrected chi connectivity index (χ4v) is 2.48. The molecule has 0 unspecified atom stereocenters. The maximum Gasteiger partial charge on any atom is 0.347 e. The molecule has 24 heavy (non-hydrogen) atoms. The highest BCUT2D eigenvalue weighted by atomic mass is 35.5. The summed E-state index contributed by atoms with van der Waals surface area (Å²) in [5, 5.41) is 20.3.